The second-order valence-electron chi connectivity index (χ2n) is 4.92. The number of hydrogen-bond donors (Lipinski definition) is 0. The molecular formula is C14H15BrN2O3. The van der Waals surface area contributed by atoms with Gasteiger partial charge in [-0.15, -0.1) is 0 Å². The molecule has 0 saturated carbocycles. The summed E-state index contributed by atoms with van der Waals surface area (Å²) in [6.07, 6.45) is 0.255. The van der Waals surface area contributed by atoms with Crippen LogP contribution in [0.15, 0.2) is 28.7 Å². The summed E-state index contributed by atoms with van der Waals surface area (Å²) in [5.74, 6) is -0.264. The highest BCUT2D eigenvalue weighted by molar-refractivity contribution is 9.10. The third-order valence-electron chi connectivity index (χ3n) is 3.68. The van der Waals surface area contributed by atoms with Crippen molar-refractivity contribution >= 4 is 33.4 Å². The minimum atomic E-state index is -0.342. The number of anilines is 1. The molecule has 0 radical (unpaired) electrons. The van der Waals surface area contributed by atoms with Crippen molar-refractivity contribution in [2.75, 3.05) is 31.2 Å². The molecule has 3 rings (SSSR count). The lowest BCUT2D eigenvalue weighted by atomic mass is 10.2. The van der Waals surface area contributed by atoms with E-state index < -0.39 is 0 Å². The van der Waals surface area contributed by atoms with Crippen molar-refractivity contribution in [3.63, 3.8) is 0 Å². The van der Waals surface area contributed by atoms with Gasteiger partial charge in [0.2, 0.25) is 5.91 Å². The van der Waals surface area contributed by atoms with Crippen molar-refractivity contribution in [2.24, 2.45) is 0 Å². The molecule has 0 aromatic heterocycles. The number of rotatable bonds is 2. The van der Waals surface area contributed by atoms with Gasteiger partial charge in [-0.25, -0.2) is 4.90 Å². The van der Waals surface area contributed by atoms with E-state index in [0.29, 0.717) is 32.0 Å². The molecule has 2 fully saturated rings. The van der Waals surface area contributed by atoms with Gasteiger partial charge in [-0.1, -0.05) is 22.0 Å². The first-order valence-corrected chi connectivity index (χ1v) is 7.40. The normalized spacial score (nSPS) is 24.4. The first-order chi connectivity index (χ1) is 9.66. The van der Waals surface area contributed by atoms with E-state index in [4.69, 9.17) is 4.74 Å². The molecule has 106 valence electrons. The van der Waals surface area contributed by atoms with Crippen LogP contribution in [0.2, 0.25) is 0 Å². The number of nitrogens with zero attached hydrogens (tertiary/aromatic N) is 2. The number of imide groups is 1. The molecule has 6 heteroatoms. The largest absolute Gasteiger partial charge is 0.379 e. The Hall–Kier alpha value is -1.24. The number of ether oxygens (including phenoxy) is 1. The summed E-state index contributed by atoms with van der Waals surface area (Å²) in [4.78, 5) is 28.1. The zero-order chi connectivity index (χ0) is 14.1. The minimum Gasteiger partial charge on any atom is -0.379 e. The first kappa shape index (κ1) is 13.7. The Bertz CT molecular complexity index is 543. The number of morpholine rings is 1. The highest BCUT2D eigenvalue weighted by atomic mass is 79.9. The maximum absolute atomic E-state index is 12.5. The van der Waals surface area contributed by atoms with Crippen LogP contribution in [0.3, 0.4) is 0 Å². The summed E-state index contributed by atoms with van der Waals surface area (Å²) >= 11 is 3.36. The van der Waals surface area contributed by atoms with Crippen LogP contribution in [0, 0.1) is 0 Å². The van der Waals surface area contributed by atoms with Crippen LogP contribution in [0.4, 0.5) is 5.69 Å². The number of carbonyl (C=O) groups is 2. The molecule has 2 aliphatic rings. The molecule has 0 N–H and O–H groups in total. The lowest BCUT2D eigenvalue weighted by Gasteiger charge is -2.30. The smallest absolute Gasteiger partial charge is 0.251 e. The molecule has 2 heterocycles. The zero-order valence-electron chi connectivity index (χ0n) is 10.9. The van der Waals surface area contributed by atoms with Gasteiger partial charge in [0.1, 0.15) is 0 Å². The van der Waals surface area contributed by atoms with Crippen LogP contribution < -0.4 is 4.90 Å². The van der Waals surface area contributed by atoms with Crippen LogP contribution in [0.5, 0.6) is 0 Å². The van der Waals surface area contributed by atoms with E-state index in [-0.39, 0.29) is 24.3 Å². The van der Waals surface area contributed by atoms with E-state index in [1.54, 1.807) is 12.1 Å². The lowest BCUT2D eigenvalue weighted by Crippen LogP contribution is -2.47. The van der Waals surface area contributed by atoms with E-state index >= 15 is 0 Å². The predicted molar refractivity (Wildman–Crippen MR) is 77.4 cm³/mol. The quantitative estimate of drug-likeness (QED) is 0.765. The van der Waals surface area contributed by atoms with Crippen LogP contribution in [0.1, 0.15) is 6.42 Å². The number of amides is 2. The van der Waals surface area contributed by atoms with E-state index in [2.05, 4.69) is 15.9 Å². The van der Waals surface area contributed by atoms with Crippen LogP contribution in [-0.2, 0) is 14.3 Å². The van der Waals surface area contributed by atoms with Gasteiger partial charge in [0.05, 0.1) is 31.4 Å². The number of benzene rings is 1. The molecule has 0 bridgehead atoms. The van der Waals surface area contributed by atoms with Crippen molar-refractivity contribution in [1.29, 1.82) is 0 Å². The molecule has 5 nitrogen and oxygen atoms in total. The summed E-state index contributed by atoms with van der Waals surface area (Å²) in [5.41, 5.74) is 0.630. The van der Waals surface area contributed by atoms with Gasteiger partial charge < -0.3 is 4.74 Å². The Morgan fingerprint density at radius 3 is 2.65 bits per heavy atom. The summed E-state index contributed by atoms with van der Waals surface area (Å²) < 4.78 is 6.14. The van der Waals surface area contributed by atoms with E-state index in [0.717, 1.165) is 4.47 Å². The molecule has 1 atom stereocenters. The molecular weight excluding hydrogens is 324 g/mol. The summed E-state index contributed by atoms with van der Waals surface area (Å²) in [7, 11) is 0. The minimum absolute atomic E-state index is 0.130. The Balaban J connectivity index is 1.83. The summed E-state index contributed by atoms with van der Waals surface area (Å²) in [6.45, 7) is 2.65. The average Bonchev–Trinajstić information content (AvgIpc) is 2.75. The molecule has 1 aromatic rings. The molecule has 2 saturated heterocycles. The second kappa shape index (κ2) is 5.63. The van der Waals surface area contributed by atoms with Gasteiger partial charge in [0, 0.05) is 17.6 Å². The van der Waals surface area contributed by atoms with Crippen molar-refractivity contribution in [3.8, 4) is 0 Å². The Morgan fingerprint density at radius 1 is 1.20 bits per heavy atom. The third-order valence-corrected chi connectivity index (χ3v) is 4.17. The van der Waals surface area contributed by atoms with Crippen molar-refractivity contribution in [2.45, 2.75) is 12.5 Å². The molecule has 20 heavy (non-hydrogen) atoms. The third kappa shape index (κ3) is 2.51. The van der Waals surface area contributed by atoms with E-state index in [9.17, 15) is 9.59 Å². The molecule has 0 aliphatic carbocycles. The molecule has 0 spiro atoms. The van der Waals surface area contributed by atoms with Gasteiger partial charge in [0.15, 0.2) is 0 Å². The van der Waals surface area contributed by atoms with Gasteiger partial charge >= 0.3 is 0 Å². The van der Waals surface area contributed by atoms with Gasteiger partial charge in [0.25, 0.3) is 5.91 Å². The van der Waals surface area contributed by atoms with Gasteiger partial charge in [-0.3, -0.25) is 14.5 Å². The van der Waals surface area contributed by atoms with Gasteiger partial charge in [-0.2, -0.15) is 0 Å². The number of halogens is 1. The predicted octanol–water partition coefficient (Wildman–Crippen LogP) is 1.41. The Labute approximate surface area is 125 Å². The molecule has 2 amide bonds. The van der Waals surface area contributed by atoms with Crippen LogP contribution in [0.25, 0.3) is 0 Å². The zero-order valence-corrected chi connectivity index (χ0v) is 12.5. The maximum atomic E-state index is 12.5. The molecule has 1 aromatic carbocycles. The SMILES string of the molecule is O=C1CC(N2CCOCC2)C(=O)N1c1cccc(Br)c1. The highest BCUT2D eigenvalue weighted by Crippen LogP contribution is 2.27. The molecule has 1 unspecified atom stereocenters. The summed E-state index contributed by atoms with van der Waals surface area (Å²) in [5, 5.41) is 0. The standard InChI is InChI=1S/C14H15BrN2O3/c15-10-2-1-3-11(8-10)17-13(18)9-12(14(17)19)16-4-6-20-7-5-16/h1-3,8,12H,4-7,9H2. The number of carbonyl (C=O) groups excluding carboxylic acids is 2. The fourth-order valence-corrected chi connectivity index (χ4v) is 3.06. The van der Waals surface area contributed by atoms with E-state index in [1.807, 2.05) is 17.0 Å². The first-order valence-electron chi connectivity index (χ1n) is 6.61. The van der Waals surface area contributed by atoms with Crippen molar-refractivity contribution in [1.82, 2.24) is 4.90 Å². The molecule has 2 aliphatic heterocycles. The van der Waals surface area contributed by atoms with Crippen molar-refractivity contribution in [3.05, 3.63) is 28.7 Å². The second-order valence-corrected chi connectivity index (χ2v) is 5.83. The highest BCUT2D eigenvalue weighted by Gasteiger charge is 2.42. The monoisotopic (exact) mass is 338 g/mol. The lowest BCUT2D eigenvalue weighted by molar-refractivity contribution is -0.123. The van der Waals surface area contributed by atoms with Crippen LogP contribution in [-0.4, -0.2) is 49.1 Å². The Morgan fingerprint density at radius 2 is 1.95 bits per heavy atom. The van der Waals surface area contributed by atoms with Crippen LogP contribution >= 0.6 is 15.9 Å². The average molecular weight is 339 g/mol. The fraction of sp³-hybridized carbons (Fsp3) is 0.429. The maximum Gasteiger partial charge on any atom is 0.251 e. The van der Waals surface area contributed by atoms with Crippen molar-refractivity contribution < 1.29 is 14.3 Å². The fourth-order valence-electron chi connectivity index (χ4n) is 2.68. The number of hydrogen-bond acceptors (Lipinski definition) is 4. The summed E-state index contributed by atoms with van der Waals surface area (Å²) in [6, 6.07) is 6.92. The topological polar surface area (TPSA) is 49.9 Å². The van der Waals surface area contributed by atoms with E-state index in [1.165, 1.54) is 4.90 Å². The Kier molecular flexibility index (Phi) is 3.87. The van der Waals surface area contributed by atoms with Gasteiger partial charge in [-0.05, 0) is 18.2 Å².